The van der Waals surface area contributed by atoms with E-state index in [4.69, 9.17) is 5.11 Å². The highest BCUT2D eigenvalue weighted by Crippen LogP contribution is 2.39. The molecule has 0 bridgehead atoms. The van der Waals surface area contributed by atoms with Gasteiger partial charge in [0.05, 0.1) is 0 Å². The highest BCUT2D eigenvalue weighted by atomic mass is 16.2. The maximum atomic E-state index is 7.00. The Morgan fingerprint density at radius 3 is 1.67 bits per heavy atom. The summed E-state index contributed by atoms with van der Waals surface area (Å²) < 4.78 is 0. The highest BCUT2D eigenvalue weighted by molar-refractivity contribution is 4.78. The summed E-state index contributed by atoms with van der Waals surface area (Å²) in [5, 5.41) is 7.00. The lowest BCUT2D eigenvalue weighted by Gasteiger charge is -2.34. The number of hydrogen-bond acceptors (Lipinski definition) is 1. The maximum absolute atomic E-state index is 7.00. The van der Waals surface area contributed by atoms with Gasteiger partial charge in [0.1, 0.15) is 0 Å². The average Bonchev–Trinajstić information content (AvgIpc) is 2.34. The molecule has 1 N–H and O–H groups in total. The molecule has 0 aliphatic heterocycles. The lowest BCUT2D eigenvalue weighted by atomic mass is 9.71. The molecule has 0 spiro atoms. The van der Waals surface area contributed by atoms with E-state index in [1.54, 1.807) is 25.7 Å². The Kier molecular flexibility index (Phi) is 6.31. The second-order valence-corrected chi connectivity index (χ2v) is 5.42. The average molecular weight is 212 g/mol. The summed E-state index contributed by atoms with van der Waals surface area (Å²) in [5.74, 6) is 3.28. The van der Waals surface area contributed by atoms with Crippen molar-refractivity contribution >= 4 is 0 Å². The van der Waals surface area contributed by atoms with Crippen LogP contribution in [0.1, 0.15) is 64.7 Å². The number of aliphatic hydroxyl groups is 1. The normalized spacial score (nSPS) is 33.0. The van der Waals surface area contributed by atoms with Crippen molar-refractivity contribution in [3.8, 4) is 0 Å². The smallest absolute Gasteiger partial charge is 0.0319 e. The van der Waals surface area contributed by atoms with Gasteiger partial charge in [-0.05, 0) is 30.6 Å². The minimum Gasteiger partial charge on any atom is -0.400 e. The van der Waals surface area contributed by atoms with Crippen molar-refractivity contribution in [2.24, 2.45) is 17.8 Å². The van der Waals surface area contributed by atoms with Gasteiger partial charge in [0.15, 0.2) is 0 Å². The van der Waals surface area contributed by atoms with Crippen LogP contribution in [0.25, 0.3) is 0 Å². The lowest BCUT2D eigenvalue weighted by molar-refractivity contribution is 0.173. The van der Waals surface area contributed by atoms with Crippen molar-refractivity contribution < 1.29 is 5.11 Å². The van der Waals surface area contributed by atoms with Gasteiger partial charge < -0.3 is 5.11 Å². The first kappa shape index (κ1) is 13.0. The van der Waals surface area contributed by atoms with Crippen LogP contribution in [0.2, 0.25) is 0 Å². The van der Waals surface area contributed by atoms with E-state index in [0.717, 1.165) is 24.9 Å². The predicted molar refractivity (Wildman–Crippen MR) is 65.8 cm³/mol. The quantitative estimate of drug-likeness (QED) is 0.696. The largest absolute Gasteiger partial charge is 0.400 e. The molecule has 1 heteroatoms. The van der Waals surface area contributed by atoms with E-state index in [-0.39, 0.29) is 0 Å². The monoisotopic (exact) mass is 212 g/mol. The molecule has 0 atom stereocenters. The first-order chi connectivity index (χ1) is 7.36. The number of hydrogen-bond donors (Lipinski definition) is 1. The molecule has 0 heterocycles. The Morgan fingerprint density at radius 2 is 1.13 bits per heavy atom. The zero-order valence-electron chi connectivity index (χ0n) is 10.5. The second kappa shape index (κ2) is 7.27. The van der Waals surface area contributed by atoms with Gasteiger partial charge in [-0.1, -0.05) is 51.9 Å². The van der Waals surface area contributed by atoms with Crippen molar-refractivity contribution in [3.05, 3.63) is 0 Å². The van der Waals surface area contributed by atoms with Crippen LogP contribution in [0, 0.1) is 17.8 Å². The van der Waals surface area contributed by atoms with Gasteiger partial charge in [-0.25, -0.2) is 0 Å². The summed E-state index contributed by atoms with van der Waals surface area (Å²) in [7, 11) is 1.00. The number of aliphatic hydroxyl groups excluding tert-OH is 1. The van der Waals surface area contributed by atoms with Gasteiger partial charge >= 0.3 is 0 Å². The topological polar surface area (TPSA) is 20.2 Å². The van der Waals surface area contributed by atoms with Gasteiger partial charge in [0, 0.05) is 7.11 Å². The molecule has 2 saturated carbocycles. The summed E-state index contributed by atoms with van der Waals surface area (Å²) in [6, 6.07) is 0. The van der Waals surface area contributed by atoms with Crippen LogP contribution in [-0.4, -0.2) is 12.2 Å². The van der Waals surface area contributed by atoms with Gasteiger partial charge in [0.2, 0.25) is 0 Å². The van der Waals surface area contributed by atoms with Crippen molar-refractivity contribution in [2.75, 3.05) is 7.11 Å². The molecular formula is C14H28O. The summed E-state index contributed by atoms with van der Waals surface area (Å²) in [6.07, 6.45) is 13.8. The zero-order valence-corrected chi connectivity index (χ0v) is 10.5. The Balaban J connectivity index is 0.000000531. The standard InChI is InChI=1S/C13H24.CH4O/c1-11-7-9-13(10-8-11)12-5-3-2-4-6-12;1-2/h11-13H,2-10H2,1H3;2H,1H3. The van der Waals surface area contributed by atoms with Gasteiger partial charge in [-0.3, -0.25) is 0 Å². The molecule has 0 aromatic carbocycles. The van der Waals surface area contributed by atoms with Crippen LogP contribution in [-0.2, 0) is 0 Å². The Labute approximate surface area is 95.3 Å². The molecular weight excluding hydrogens is 184 g/mol. The van der Waals surface area contributed by atoms with Crippen LogP contribution < -0.4 is 0 Å². The van der Waals surface area contributed by atoms with Crippen LogP contribution in [0.15, 0.2) is 0 Å². The first-order valence-electron chi connectivity index (χ1n) is 6.81. The SMILES string of the molecule is CC1CCC(C2CCCCC2)CC1.CO. The fraction of sp³-hybridized carbons (Fsp3) is 1.00. The molecule has 90 valence electrons. The third-order valence-electron chi connectivity index (χ3n) is 4.38. The van der Waals surface area contributed by atoms with Crippen LogP contribution in [0.4, 0.5) is 0 Å². The Morgan fingerprint density at radius 1 is 0.667 bits per heavy atom. The van der Waals surface area contributed by atoms with Gasteiger partial charge in [0.25, 0.3) is 0 Å². The predicted octanol–water partition coefficient (Wildman–Crippen LogP) is 4.00. The fourth-order valence-corrected chi connectivity index (χ4v) is 3.36. The first-order valence-corrected chi connectivity index (χ1v) is 6.81. The van der Waals surface area contributed by atoms with Crippen LogP contribution in [0.5, 0.6) is 0 Å². The summed E-state index contributed by atoms with van der Waals surface area (Å²) in [6.45, 7) is 2.43. The van der Waals surface area contributed by atoms with Crippen molar-refractivity contribution in [3.63, 3.8) is 0 Å². The van der Waals surface area contributed by atoms with Crippen molar-refractivity contribution in [1.29, 1.82) is 0 Å². The maximum Gasteiger partial charge on any atom is 0.0319 e. The van der Waals surface area contributed by atoms with E-state index < -0.39 is 0 Å². The van der Waals surface area contributed by atoms with Crippen LogP contribution >= 0.6 is 0 Å². The molecule has 0 saturated heterocycles. The fourth-order valence-electron chi connectivity index (χ4n) is 3.36. The lowest BCUT2D eigenvalue weighted by Crippen LogP contribution is -2.22. The molecule has 1 nitrogen and oxygen atoms in total. The van der Waals surface area contributed by atoms with E-state index in [1.165, 1.54) is 32.1 Å². The Bertz CT molecular complexity index is 141. The zero-order chi connectivity index (χ0) is 11.1. The van der Waals surface area contributed by atoms with E-state index >= 15 is 0 Å². The molecule has 2 fully saturated rings. The van der Waals surface area contributed by atoms with Crippen LogP contribution in [0.3, 0.4) is 0 Å². The third-order valence-corrected chi connectivity index (χ3v) is 4.38. The molecule has 2 aliphatic carbocycles. The Hall–Kier alpha value is -0.0400. The summed E-state index contributed by atoms with van der Waals surface area (Å²) >= 11 is 0. The second-order valence-electron chi connectivity index (χ2n) is 5.42. The number of rotatable bonds is 1. The third kappa shape index (κ3) is 4.14. The van der Waals surface area contributed by atoms with Gasteiger partial charge in [-0.15, -0.1) is 0 Å². The van der Waals surface area contributed by atoms with E-state index in [1.807, 2.05) is 0 Å². The van der Waals surface area contributed by atoms with E-state index in [2.05, 4.69) is 6.92 Å². The molecule has 15 heavy (non-hydrogen) atoms. The highest BCUT2D eigenvalue weighted by Gasteiger charge is 2.26. The molecule has 0 unspecified atom stereocenters. The van der Waals surface area contributed by atoms with Gasteiger partial charge in [-0.2, -0.15) is 0 Å². The van der Waals surface area contributed by atoms with E-state index in [9.17, 15) is 0 Å². The molecule has 0 aromatic heterocycles. The van der Waals surface area contributed by atoms with Crippen molar-refractivity contribution in [2.45, 2.75) is 64.7 Å². The molecule has 0 aromatic rings. The minimum absolute atomic E-state index is 1.00. The molecule has 2 rings (SSSR count). The van der Waals surface area contributed by atoms with Crippen molar-refractivity contribution in [1.82, 2.24) is 0 Å². The van der Waals surface area contributed by atoms with E-state index in [0.29, 0.717) is 0 Å². The minimum atomic E-state index is 1.00. The molecule has 0 amide bonds. The summed E-state index contributed by atoms with van der Waals surface area (Å²) in [5.41, 5.74) is 0. The summed E-state index contributed by atoms with van der Waals surface area (Å²) in [4.78, 5) is 0. The molecule has 0 radical (unpaired) electrons. The molecule has 2 aliphatic rings.